The van der Waals surface area contributed by atoms with Gasteiger partial charge in [-0.1, -0.05) is 23.7 Å². The zero-order valence-electron chi connectivity index (χ0n) is 15.7. The zero-order valence-corrected chi connectivity index (χ0v) is 16.4. The molecule has 0 saturated carbocycles. The van der Waals surface area contributed by atoms with E-state index >= 15 is 0 Å². The first kappa shape index (κ1) is 19.9. The summed E-state index contributed by atoms with van der Waals surface area (Å²) in [5, 5.41) is 1.01. The van der Waals surface area contributed by atoms with Crippen molar-refractivity contribution in [2.24, 2.45) is 0 Å². The molecule has 0 bridgehead atoms. The standard InChI is InChI=1S/C21H19ClFNO4/c1-12-8-21(26)28-18-10-19(17(22)9-16(12)18)27-11-20(25)24(3)13(2)14-4-6-15(23)7-5-14/h4-10,13H,11H2,1-3H3. The van der Waals surface area contributed by atoms with Crippen LogP contribution in [0.4, 0.5) is 4.39 Å². The van der Waals surface area contributed by atoms with Crippen LogP contribution < -0.4 is 10.4 Å². The van der Waals surface area contributed by atoms with Gasteiger partial charge in [-0.15, -0.1) is 0 Å². The Morgan fingerprint density at radius 3 is 2.61 bits per heavy atom. The van der Waals surface area contributed by atoms with Gasteiger partial charge in [-0.25, -0.2) is 9.18 Å². The van der Waals surface area contributed by atoms with E-state index in [4.69, 9.17) is 20.8 Å². The van der Waals surface area contributed by atoms with Gasteiger partial charge in [0.05, 0.1) is 11.1 Å². The molecule has 0 aliphatic rings. The Labute approximate surface area is 166 Å². The van der Waals surface area contributed by atoms with Crippen LogP contribution in [0.15, 0.2) is 51.7 Å². The Morgan fingerprint density at radius 2 is 1.93 bits per heavy atom. The summed E-state index contributed by atoms with van der Waals surface area (Å²) in [5.74, 6) is -0.362. The number of carbonyl (C=O) groups is 1. The van der Waals surface area contributed by atoms with Crippen LogP contribution in [-0.2, 0) is 4.79 Å². The summed E-state index contributed by atoms with van der Waals surface area (Å²) in [4.78, 5) is 25.6. The fraction of sp³-hybridized carbons (Fsp3) is 0.238. The number of hydrogen-bond acceptors (Lipinski definition) is 4. The number of halogens is 2. The lowest BCUT2D eigenvalue weighted by molar-refractivity contribution is -0.134. The molecule has 0 fully saturated rings. The molecule has 0 saturated heterocycles. The van der Waals surface area contributed by atoms with E-state index in [0.29, 0.717) is 16.0 Å². The lowest BCUT2D eigenvalue weighted by Crippen LogP contribution is -2.33. The van der Waals surface area contributed by atoms with E-state index < -0.39 is 5.63 Å². The largest absolute Gasteiger partial charge is 0.482 e. The third-order valence-electron chi connectivity index (χ3n) is 4.68. The van der Waals surface area contributed by atoms with Crippen LogP contribution in [-0.4, -0.2) is 24.5 Å². The average Bonchev–Trinajstić information content (AvgIpc) is 2.66. The fourth-order valence-electron chi connectivity index (χ4n) is 2.85. The minimum atomic E-state index is -0.470. The van der Waals surface area contributed by atoms with Crippen LogP contribution in [0.2, 0.25) is 5.02 Å². The van der Waals surface area contributed by atoms with Crippen LogP contribution in [0.3, 0.4) is 0 Å². The third kappa shape index (κ3) is 4.17. The Bertz CT molecular complexity index is 1080. The number of carbonyl (C=O) groups excluding carboxylic acids is 1. The minimum absolute atomic E-state index is 0.247. The van der Waals surface area contributed by atoms with Crippen molar-refractivity contribution in [1.82, 2.24) is 4.90 Å². The molecular weight excluding hydrogens is 385 g/mol. The van der Waals surface area contributed by atoms with Crippen LogP contribution in [0.25, 0.3) is 11.0 Å². The normalized spacial score (nSPS) is 12.0. The highest BCUT2D eigenvalue weighted by Gasteiger charge is 2.19. The van der Waals surface area contributed by atoms with Crippen molar-refractivity contribution in [3.05, 3.63) is 74.9 Å². The Kier molecular flexibility index (Phi) is 5.70. The highest BCUT2D eigenvalue weighted by molar-refractivity contribution is 6.32. The number of amides is 1. The van der Waals surface area contributed by atoms with Gasteiger partial charge in [0.1, 0.15) is 17.1 Å². The van der Waals surface area contributed by atoms with Gasteiger partial charge in [-0.05, 0) is 43.2 Å². The van der Waals surface area contributed by atoms with E-state index in [1.165, 1.54) is 29.2 Å². The maximum Gasteiger partial charge on any atom is 0.336 e. The van der Waals surface area contributed by atoms with Gasteiger partial charge in [0.15, 0.2) is 6.61 Å². The molecule has 1 unspecified atom stereocenters. The summed E-state index contributed by atoms with van der Waals surface area (Å²) in [7, 11) is 1.64. The Hall–Kier alpha value is -2.86. The topological polar surface area (TPSA) is 59.8 Å². The molecule has 3 aromatic rings. The summed E-state index contributed by atoms with van der Waals surface area (Å²) in [6, 6.07) is 10.2. The molecule has 0 aliphatic carbocycles. The number of hydrogen-bond donors (Lipinski definition) is 0. The second-order valence-corrected chi connectivity index (χ2v) is 6.96. The van der Waals surface area contributed by atoms with E-state index in [1.54, 1.807) is 32.2 Å². The Balaban J connectivity index is 1.74. The van der Waals surface area contributed by atoms with E-state index in [1.807, 2.05) is 6.92 Å². The number of aryl methyl sites for hydroxylation is 1. The van der Waals surface area contributed by atoms with E-state index in [9.17, 15) is 14.0 Å². The first-order valence-electron chi connectivity index (χ1n) is 8.64. The minimum Gasteiger partial charge on any atom is -0.482 e. The predicted octanol–water partition coefficient (Wildman–Crippen LogP) is 4.49. The van der Waals surface area contributed by atoms with Crippen molar-refractivity contribution < 1.29 is 18.3 Å². The van der Waals surface area contributed by atoms with Gasteiger partial charge < -0.3 is 14.1 Å². The molecule has 1 heterocycles. The number of benzene rings is 2. The van der Waals surface area contributed by atoms with Crippen molar-refractivity contribution in [3.63, 3.8) is 0 Å². The molecule has 0 N–H and O–H groups in total. The van der Waals surface area contributed by atoms with Gasteiger partial charge >= 0.3 is 5.63 Å². The zero-order chi connectivity index (χ0) is 20.4. The first-order valence-corrected chi connectivity index (χ1v) is 9.02. The van der Waals surface area contributed by atoms with E-state index in [-0.39, 0.29) is 30.1 Å². The molecular formula is C21H19ClFNO4. The van der Waals surface area contributed by atoms with Crippen molar-refractivity contribution in [2.45, 2.75) is 19.9 Å². The lowest BCUT2D eigenvalue weighted by atomic mass is 10.1. The summed E-state index contributed by atoms with van der Waals surface area (Å²) < 4.78 is 23.8. The second-order valence-electron chi connectivity index (χ2n) is 6.55. The second kappa shape index (κ2) is 8.02. The van der Waals surface area contributed by atoms with Gasteiger partial charge in [-0.3, -0.25) is 4.79 Å². The molecule has 1 amide bonds. The van der Waals surface area contributed by atoms with Gasteiger partial charge in [-0.2, -0.15) is 0 Å². The monoisotopic (exact) mass is 403 g/mol. The number of likely N-dealkylation sites (N-methyl/N-ethyl adjacent to an activating group) is 1. The quantitative estimate of drug-likeness (QED) is 0.589. The number of ether oxygens (including phenoxy) is 1. The molecule has 7 heteroatoms. The van der Waals surface area contributed by atoms with Crippen molar-refractivity contribution in [1.29, 1.82) is 0 Å². The maximum absolute atomic E-state index is 13.1. The Morgan fingerprint density at radius 1 is 1.25 bits per heavy atom. The average molecular weight is 404 g/mol. The van der Waals surface area contributed by atoms with Crippen LogP contribution in [0, 0.1) is 12.7 Å². The highest BCUT2D eigenvalue weighted by Crippen LogP contribution is 2.31. The molecule has 146 valence electrons. The van der Waals surface area contributed by atoms with Crippen molar-refractivity contribution >= 4 is 28.5 Å². The summed E-state index contributed by atoms with van der Waals surface area (Å²) in [6.07, 6.45) is 0. The van der Waals surface area contributed by atoms with Crippen molar-refractivity contribution in [3.8, 4) is 5.75 Å². The molecule has 0 aliphatic heterocycles. The fourth-order valence-corrected chi connectivity index (χ4v) is 3.07. The third-order valence-corrected chi connectivity index (χ3v) is 4.98. The van der Waals surface area contributed by atoms with Crippen LogP contribution >= 0.6 is 11.6 Å². The number of nitrogens with zero attached hydrogens (tertiary/aromatic N) is 1. The van der Waals surface area contributed by atoms with E-state index in [2.05, 4.69) is 0 Å². The molecule has 1 atom stereocenters. The smallest absolute Gasteiger partial charge is 0.336 e. The van der Waals surface area contributed by atoms with E-state index in [0.717, 1.165) is 11.1 Å². The first-order chi connectivity index (χ1) is 13.3. The summed E-state index contributed by atoms with van der Waals surface area (Å²) in [6.45, 7) is 3.38. The number of fused-ring (bicyclic) bond motifs is 1. The number of rotatable bonds is 5. The molecule has 3 rings (SSSR count). The van der Waals surface area contributed by atoms with Crippen LogP contribution in [0.1, 0.15) is 24.1 Å². The molecule has 1 aromatic heterocycles. The molecule has 0 radical (unpaired) electrons. The summed E-state index contributed by atoms with van der Waals surface area (Å²) in [5.41, 5.74) is 1.41. The SMILES string of the molecule is Cc1cc(=O)oc2cc(OCC(=O)N(C)C(C)c3ccc(F)cc3)c(Cl)cc12. The molecule has 0 spiro atoms. The molecule has 2 aromatic carbocycles. The van der Waals surface area contributed by atoms with Crippen molar-refractivity contribution in [2.75, 3.05) is 13.7 Å². The maximum atomic E-state index is 13.1. The summed E-state index contributed by atoms with van der Waals surface area (Å²) >= 11 is 6.25. The predicted molar refractivity (Wildman–Crippen MR) is 105 cm³/mol. The van der Waals surface area contributed by atoms with Crippen LogP contribution in [0.5, 0.6) is 5.75 Å². The highest BCUT2D eigenvalue weighted by atomic mass is 35.5. The van der Waals surface area contributed by atoms with Gasteiger partial charge in [0, 0.05) is 24.6 Å². The lowest BCUT2D eigenvalue weighted by Gasteiger charge is -2.25. The van der Waals surface area contributed by atoms with Gasteiger partial charge in [0.2, 0.25) is 0 Å². The molecule has 28 heavy (non-hydrogen) atoms. The van der Waals surface area contributed by atoms with Gasteiger partial charge in [0.25, 0.3) is 5.91 Å². The molecule has 5 nitrogen and oxygen atoms in total.